The zero-order valence-electron chi connectivity index (χ0n) is 5.52. The fraction of sp³-hybridized carbons (Fsp3) is 0.375. The first-order valence-corrected chi connectivity index (χ1v) is 3.08. The van der Waals surface area contributed by atoms with Gasteiger partial charge in [0, 0.05) is 12.6 Å². The van der Waals surface area contributed by atoms with Crippen molar-refractivity contribution in [3.05, 3.63) is 12.3 Å². The van der Waals surface area contributed by atoms with Gasteiger partial charge in [-0.2, -0.15) is 0 Å². The molecule has 0 aliphatic carbocycles. The summed E-state index contributed by atoms with van der Waals surface area (Å²) in [5, 5.41) is 0. The van der Waals surface area contributed by atoms with E-state index >= 15 is 0 Å². The fourth-order valence-corrected chi connectivity index (χ4v) is 0.741. The first-order valence-electron chi connectivity index (χ1n) is 3.08. The maximum absolute atomic E-state index is 4.08. The molecule has 0 amide bonds. The van der Waals surface area contributed by atoms with Gasteiger partial charge in [-0.25, -0.2) is 0 Å². The molecule has 1 nitrogen and oxygen atoms in total. The van der Waals surface area contributed by atoms with E-state index in [1.165, 1.54) is 0 Å². The van der Waals surface area contributed by atoms with Crippen molar-refractivity contribution in [1.82, 2.24) is 0 Å². The van der Waals surface area contributed by atoms with Crippen molar-refractivity contribution in [1.29, 1.82) is 0 Å². The van der Waals surface area contributed by atoms with E-state index in [9.17, 15) is 0 Å². The number of rotatable bonds is 0. The predicted molar refractivity (Wildman–Crippen MR) is 39.3 cm³/mol. The largest absolute Gasteiger partial charge is 0.253 e. The van der Waals surface area contributed by atoms with E-state index in [0.29, 0.717) is 0 Å². The summed E-state index contributed by atoms with van der Waals surface area (Å²) in [5.74, 6) is 5.76. The summed E-state index contributed by atoms with van der Waals surface area (Å²) in [5.41, 5.74) is 1.01. The highest BCUT2D eigenvalue weighted by atomic mass is 14.7. The molecule has 0 fully saturated rings. The van der Waals surface area contributed by atoms with Crippen LogP contribution in [0.25, 0.3) is 0 Å². The van der Waals surface area contributed by atoms with Crippen molar-refractivity contribution in [2.45, 2.75) is 19.8 Å². The smallest absolute Gasteiger partial charge is 0.0901 e. The normalized spacial score (nSPS) is 15.9. The van der Waals surface area contributed by atoms with Gasteiger partial charge in [0.1, 0.15) is 0 Å². The molecular weight excluding hydrogens is 110 g/mol. The molecule has 0 radical (unpaired) electrons. The van der Waals surface area contributed by atoms with Crippen LogP contribution >= 0.6 is 0 Å². The monoisotopic (exact) mass is 119 g/mol. The summed E-state index contributed by atoms with van der Waals surface area (Å²) >= 11 is 0. The van der Waals surface area contributed by atoms with Gasteiger partial charge in [0.05, 0.1) is 5.71 Å². The minimum Gasteiger partial charge on any atom is -0.253 e. The molecular formula is C8H9N. The highest BCUT2D eigenvalue weighted by Crippen LogP contribution is 2.00. The van der Waals surface area contributed by atoms with Gasteiger partial charge in [0.2, 0.25) is 0 Å². The zero-order chi connectivity index (χ0) is 6.53. The topological polar surface area (TPSA) is 12.4 Å². The molecule has 0 aromatic heterocycles. The van der Waals surface area contributed by atoms with Gasteiger partial charge in [-0.1, -0.05) is 12.0 Å². The molecule has 46 valence electrons. The molecule has 0 bridgehead atoms. The molecule has 0 saturated carbocycles. The third-order valence-electron chi connectivity index (χ3n) is 1.15. The maximum atomic E-state index is 4.08. The first-order chi connectivity index (χ1) is 4.43. The molecule has 0 unspecified atom stereocenters. The molecule has 9 heavy (non-hydrogen) atoms. The number of hydrogen-bond donors (Lipinski definition) is 0. The average molecular weight is 119 g/mol. The van der Waals surface area contributed by atoms with Crippen LogP contribution in [0, 0.1) is 11.8 Å². The Labute approximate surface area is 55.5 Å². The van der Waals surface area contributed by atoms with Gasteiger partial charge >= 0.3 is 0 Å². The highest BCUT2D eigenvalue weighted by molar-refractivity contribution is 6.01. The van der Waals surface area contributed by atoms with Crippen molar-refractivity contribution in [3.63, 3.8) is 0 Å². The number of aliphatic imine (C=N–C) groups is 1. The molecule has 0 N–H and O–H groups in total. The minimum absolute atomic E-state index is 1.01. The number of nitrogens with zero attached hydrogens (tertiary/aromatic N) is 1. The summed E-state index contributed by atoms with van der Waals surface area (Å²) in [6.45, 7) is 1.83. The predicted octanol–water partition coefficient (Wildman–Crippen LogP) is 1.76. The van der Waals surface area contributed by atoms with Crippen LogP contribution in [-0.2, 0) is 0 Å². The second-order valence-corrected chi connectivity index (χ2v) is 1.87. The van der Waals surface area contributed by atoms with E-state index in [2.05, 4.69) is 22.9 Å². The Morgan fingerprint density at radius 1 is 1.67 bits per heavy atom. The van der Waals surface area contributed by atoms with Gasteiger partial charge < -0.3 is 0 Å². The van der Waals surface area contributed by atoms with Crippen LogP contribution in [-0.4, -0.2) is 5.71 Å². The molecule has 0 aromatic carbocycles. The Balaban J connectivity index is 2.65. The van der Waals surface area contributed by atoms with Crippen LogP contribution in [0.5, 0.6) is 0 Å². The van der Waals surface area contributed by atoms with Gasteiger partial charge in [-0.15, -0.1) is 5.92 Å². The van der Waals surface area contributed by atoms with E-state index in [1.807, 2.05) is 13.1 Å². The Kier molecular flexibility index (Phi) is 2.09. The second-order valence-electron chi connectivity index (χ2n) is 1.87. The van der Waals surface area contributed by atoms with Crippen LogP contribution in [0.4, 0.5) is 0 Å². The summed E-state index contributed by atoms with van der Waals surface area (Å²) in [6.07, 6.45) is 5.98. The van der Waals surface area contributed by atoms with Crippen molar-refractivity contribution < 1.29 is 0 Å². The van der Waals surface area contributed by atoms with Crippen LogP contribution in [0.15, 0.2) is 17.3 Å². The van der Waals surface area contributed by atoms with Crippen LogP contribution in [0.3, 0.4) is 0 Å². The van der Waals surface area contributed by atoms with Gasteiger partial charge in [-0.3, -0.25) is 4.99 Å². The zero-order valence-corrected chi connectivity index (χ0v) is 5.52. The quantitative estimate of drug-likeness (QED) is 0.431. The summed E-state index contributed by atoms with van der Waals surface area (Å²) in [4.78, 5) is 4.08. The molecule has 0 aromatic rings. The minimum atomic E-state index is 1.01. The third-order valence-corrected chi connectivity index (χ3v) is 1.15. The Morgan fingerprint density at radius 3 is 3.11 bits per heavy atom. The van der Waals surface area contributed by atoms with E-state index in [4.69, 9.17) is 0 Å². The lowest BCUT2D eigenvalue weighted by molar-refractivity contribution is 1.07. The number of hydrogen-bond acceptors (Lipinski definition) is 1. The summed E-state index contributed by atoms with van der Waals surface area (Å²) in [6, 6.07) is 0. The molecule has 1 rings (SSSR count). The Bertz CT molecular complexity index is 200. The van der Waals surface area contributed by atoms with Crippen molar-refractivity contribution in [2.75, 3.05) is 0 Å². The lowest BCUT2D eigenvalue weighted by Gasteiger charge is -1.97. The molecule has 0 atom stereocenters. The highest BCUT2D eigenvalue weighted by Gasteiger charge is 1.94. The lowest BCUT2D eigenvalue weighted by Crippen LogP contribution is -1.95. The Hall–Kier alpha value is -1.03. The SMILES string of the molecule is CC#CC1=NC=CCC1. The van der Waals surface area contributed by atoms with Crippen molar-refractivity contribution >= 4 is 5.71 Å². The standard InChI is InChI=1S/C8H9N/c1-2-5-8-6-3-4-7-9-8/h4,7H,3,6H2,1H3. The second kappa shape index (κ2) is 3.09. The van der Waals surface area contributed by atoms with E-state index in [-0.39, 0.29) is 0 Å². The van der Waals surface area contributed by atoms with Crippen molar-refractivity contribution in [3.8, 4) is 11.8 Å². The fourth-order valence-electron chi connectivity index (χ4n) is 0.741. The van der Waals surface area contributed by atoms with E-state index < -0.39 is 0 Å². The van der Waals surface area contributed by atoms with Crippen LogP contribution in [0.2, 0.25) is 0 Å². The van der Waals surface area contributed by atoms with Crippen LogP contribution in [0.1, 0.15) is 19.8 Å². The molecule has 0 saturated heterocycles. The molecule has 1 aliphatic rings. The molecule has 0 spiro atoms. The molecule has 1 aliphatic heterocycles. The summed E-state index contributed by atoms with van der Waals surface area (Å²) < 4.78 is 0. The molecule has 1 heteroatoms. The van der Waals surface area contributed by atoms with Gasteiger partial charge in [-0.05, 0) is 13.3 Å². The van der Waals surface area contributed by atoms with Crippen molar-refractivity contribution in [2.24, 2.45) is 4.99 Å². The lowest BCUT2D eigenvalue weighted by atomic mass is 10.2. The average Bonchev–Trinajstić information content (AvgIpc) is 1.91. The third kappa shape index (κ3) is 1.73. The van der Waals surface area contributed by atoms with Gasteiger partial charge in [0.15, 0.2) is 0 Å². The maximum Gasteiger partial charge on any atom is 0.0901 e. The Morgan fingerprint density at radius 2 is 2.56 bits per heavy atom. The van der Waals surface area contributed by atoms with E-state index in [0.717, 1.165) is 18.6 Å². The van der Waals surface area contributed by atoms with Gasteiger partial charge in [0.25, 0.3) is 0 Å². The molecule has 1 heterocycles. The van der Waals surface area contributed by atoms with Crippen LogP contribution < -0.4 is 0 Å². The first kappa shape index (κ1) is 6.10. The van der Waals surface area contributed by atoms with E-state index in [1.54, 1.807) is 0 Å². The number of allylic oxidation sites excluding steroid dienone is 1. The summed E-state index contributed by atoms with van der Waals surface area (Å²) in [7, 11) is 0.